The van der Waals surface area contributed by atoms with Crippen molar-refractivity contribution < 1.29 is 18.3 Å². The van der Waals surface area contributed by atoms with E-state index in [0.29, 0.717) is 6.54 Å². The molecule has 108 valence electrons. The molecule has 0 unspecified atom stereocenters. The number of aliphatic carboxylic acids is 1. The quantitative estimate of drug-likeness (QED) is 0.455. The summed E-state index contributed by atoms with van der Waals surface area (Å²) >= 11 is 0. The van der Waals surface area contributed by atoms with E-state index in [9.17, 15) is 13.2 Å². The van der Waals surface area contributed by atoms with Crippen molar-refractivity contribution in [1.29, 1.82) is 0 Å². The molecule has 8 nitrogen and oxygen atoms in total. The van der Waals surface area contributed by atoms with E-state index in [-0.39, 0.29) is 19.5 Å². The second kappa shape index (κ2) is 7.64. The Bertz CT molecular complexity index is 358. The van der Waals surface area contributed by atoms with Gasteiger partial charge in [-0.05, 0) is 20.5 Å². The van der Waals surface area contributed by atoms with Crippen LogP contribution in [0.3, 0.4) is 0 Å². The van der Waals surface area contributed by atoms with Gasteiger partial charge in [-0.15, -0.1) is 0 Å². The van der Waals surface area contributed by atoms with Crippen molar-refractivity contribution in [2.24, 2.45) is 5.73 Å². The molecule has 0 aromatic carbocycles. The van der Waals surface area contributed by atoms with Crippen LogP contribution in [0.15, 0.2) is 0 Å². The molecule has 1 atom stereocenters. The number of nitrogens with two attached hydrogens (primary N) is 1. The molecule has 0 spiro atoms. The van der Waals surface area contributed by atoms with Crippen molar-refractivity contribution in [3.8, 4) is 0 Å². The summed E-state index contributed by atoms with van der Waals surface area (Å²) in [5.74, 6) is -1.13. The molecule has 0 rings (SSSR count). The van der Waals surface area contributed by atoms with Gasteiger partial charge in [-0.25, -0.2) is 4.72 Å². The highest BCUT2D eigenvalue weighted by Crippen LogP contribution is 2.01. The normalized spacial score (nSPS) is 14.1. The maximum Gasteiger partial charge on any atom is 0.320 e. The van der Waals surface area contributed by atoms with E-state index in [2.05, 4.69) is 4.72 Å². The predicted octanol–water partition coefficient (Wildman–Crippen LogP) is -1.88. The molecule has 0 bridgehead atoms. The Kier molecular flexibility index (Phi) is 7.33. The predicted molar refractivity (Wildman–Crippen MR) is 68.3 cm³/mol. The lowest BCUT2D eigenvalue weighted by atomic mass is 10.2. The Hall–Kier alpha value is -0.740. The van der Waals surface area contributed by atoms with Crippen LogP contribution in [-0.2, 0) is 15.0 Å². The summed E-state index contributed by atoms with van der Waals surface area (Å²) in [4.78, 5) is 12.4. The van der Waals surface area contributed by atoms with Gasteiger partial charge < -0.3 is 15.7 Å². The fourth-order valence-corrected chi connectivity index (χ4v) is 2.13. The van der Waals surface area contributed by atoms with Crippen LogP contribution in [0.25, 0.3) is 0 Å². The number of rotatable bonds is 9. The van der Waals surface area contributed by atoms with Gasteiger partial charge in [0.05, 0.1) is 0 Å². The molecule has 4 N–H and O–H groups in total. The van der Waals surface area contributed by atoms with Crippen molar-refractivity contribution in [3.05, 3.63) is 0 Å². The van der Waals surface area contributed by atoms with Crippen molar-refractivity contribution in [3.63, 3.8) is 0 Å². The molecule has 0 amide bonds. The fraction of sp³-hybridized carbons (Fsp3) is 0.889. The molecule has 0 aromatic rings. The third kappa shape index (κ3) is 6.26. The summed E-state index contributed by atoms with van der Waals surface area (Å²) in [6.07, 6.45) is 0.0731. The number of hydrogen-bond acceptors (Lipinski definition) is 5. The molecular formula is C9H22N4O4S. The van der Waals surface area contributed by atoms with Gasteiger partial charge >= 0.3 is 5.97 Å². The van der Waals surface area contributed by atoms with Crippen LogP contribution < -0.4 is 10.5 Å². The molecular weight excluding hydrogens is 260 g/mol. The summed E-state index contributed by atoms with van der Waals surface area (Å²) in [5.41, 5.74) is 5.35. The molecule has 9 heteroatoms. The van der Waals surface area contributed by atoms with Crippen molar-refractivity contribution in [2.75, 3.05) is 40.8 Å². The van der Waals surface area contributed by atoms with Crippen LogP contribution in [0.2, 0.25) is 0 Å². The zero-order valence-electron chi connectivity index (χ0n) is 11.0. The topological polar surface area (TPSA) is 116 Å². The summed E-state index contributed by atoms with van der Waals surface area (Å²) in [5, 5.41) is 8.66. The molecule has 18 heavy (non-hydrogen) atoms. The van der Waals surface area contributed by atoms with E-state index < -0.39 is 22.2 Å². The van der Waals surface area contributed by atoms with E-state index in [0.717, 1.165) is 0 Å². The number of carboxylic acid groups (broad SMARTS) is 1. The SMILES string of the molecule is CNS(=O)(=O)N(CC[C@H](N)C(=O)O)CCN(C)C. The van der Waals surface area contributed by atoms with Crippen LogP contribution in [0.4, 0.5) is 0 Å². The van der Waals surface area contributed by atoms with E-state index >= 15 is 0 Å². The maximum atomic E-state index is 11.7. The lowest BCUT2D eigenvalue weighted by Crippen LogP contribution is -2.45. The van der Waals surface area contributed by atoms with Gasteiger partial charge in [0.2, 0.25) is 0 Å². The highest BCUT2D eigenvalue weighted by atomic mass is 32.2. The molecule has 0 aliphatic heterocycles. The Morgan fingerprint density at radius 2 is 1.89 bits per heavy atom. The minimum atomic E-state index is -3.57. The molecule has 0 radical (unpaired) electrons. The van der Waals surface area contributed by atoms with Crippen LogP contribution in [0.1, 0.15) is 6.42 Å². The molecule has 0 saturated carbocycles. The van der Waals surface area contributed by atoms with Gasteiger partial charge in [0.15, 0.2) is 0 Å². The van der Waals surface area contributed by atoms with Crippen molar-refractivity contribution in [1.82, 2.24) is 13.9 Å². The molecule has 0 saturated heterocycles. The van der Waals surface area contributed by atoms with E-state index in [1.807, 2.05) is 19.0 Å². The van der Waals surface area contributed by atoms with Gasteiger partial charge in [-0.3, -0.25) is 4.79 Å². The first-order valence-electron chi connectivity index (χ1n) is 5.52. The highest BCUT2D eigenvalue weighted by Gasteiger charge is 2.22. The highest BCUT2D eigenvalue weighted by molar-refractivity contribution is 7.87. The molecule has 0 aliphatic carbocycles. The summed E-state index contributed by atoms with van der Waals surface area (Å²) in [7, 11) is 1.40. The Labute approximate surface area is 108 Å². The maximum absolute atomic E-state index is 11.7. The number of carbonyl (C=O) groups is 1. The minimum Gasteiger partial charge on any atom is -0.480 e. The average molecular weight is 282 g/mol. The lowest BCUT2D eigenvalue weighted by Gasteiger charge is -2.23. The van der Waals surface area contributed by atoms with Gasteiger partial charge in [-0.1, -0.05) is 0 Å². The van der Waals surface area contributed by atoms with E-state index in [1.165, 1.54) is 11.4 Å². The zero-order chi connectivity index (χ0) is 14.3. The monoisotopic (exact) mass is 282 g/mol. The zero-order valence-corrected chi connectivity index (χ0v) is 11.8. The summed E-state index contributed by atoms with van der Waals surface area (Å²) < 4.78 is 26.8. The molecule has 0 fully saturated rings. The van der Waals surface area contributed by atoms with Crippen LogP contribution >= 0.6 is 0 Å². The fourth-order valence-electron chi connectivity index (χ4n) is 1.20. The smallest absolute Gasteiger partial charge is 0.320 e. The van der Waals surface area contributed by atoms with Gasteiger partial charge in [0, 0.05) is 26.7 Å². The second-order valence-corrected chi connectivity index (χ2v) is 6.02. The minimum absolute atomic E-state index is 0.0731. The van der Waals surface area contributed by atoms with Crippen LogP contribution in [0, 0.1) is 0 Å². The number of likely N-dealkylation sites (N-methyl/N-ethyl adjacent to an activating group) is 1. The average Bonchev–Trinajstić information content (AvgIpc) is 2.27. The first kappa shape index (κ1) is 17.3. The number of hydrogen-bond donors (Lipinski definition) is 3. The molecule has 0 heterocycles. The standard InChI is InChI=1S/C9H22N4O4S/c1-11-18(16,17)13(7-6-12(2)3)5-4-8(10)9(14)15/h8,11H,4-7,10H2,1-3H3,(H,14,15)/t8-/m0/s1. The Morgan fingerprint density at radius 1 is 1.33 bits per heavy atom. The molecule has 0 aliphatic rings. The number of carboxylic acids is 1. The lowest BCUT2D eigenvalue weighted by molar-refractivity contribution is -0.138. The Balaban J connectivity index is 4.53. The van der Waals surface area contributed by atoms with Crippen LogP contribution in [0.5, 0.6) is 0 Å². The summed E-state index contributed by atoms with van der Waals surface area (Å²) in [6, 6.07) is -1.06. The first-order valence-corrected chi connectivity index (χ1v) is 6.96. The largest absolute Gasteiger partial charge is 0.480 e. The number of nitrogens with zero attached hydrogens (tertiary/aromatic N) is 2. The van der Waals surface area contributed by atoms with Gasteiger partial charge in [0.1, 0.15) is 6.04 Å². The van der Waals surface area contributed by atoms with Gasteiger partial charge in [-0.2, -0.15) is 12.7 Å². The van der Waals surface area contributed by atoms with Gasteiger partial charge in [0.25, 0.3) is 10.2 Å². The Morgan fingerprint density at radius 3 is 2.28 bits per heavy atom. The second-order valence-electron chi connectivity index (χ2n) is 4.14. The summed E-state index contributed by atoms with van der Waals surface area (Å²) in [6.45, 7) is 0.899. The third-order valence-corrected chi connectivity index (χ3v) is 3.96. The van der Waals surface area contributed by atoms with Crippen molar-refractivity contribution >= 4 is 16.2 Å². The first-order chi connectivity index (χ1) is 8.20. The van der Waals surface area contributed by atoms with E-state index in [1.54, 1.807) is 0 Å². The molecule has 0 aromatic heterocycles. The van der Waals surface area contributed by atoms with Crippen LogP contribution in [-0.4, -0.2) is 75.5 Å². The number of nitrogens with one attached hydrogen (secondary N) is 1. The van der Waals surface area contributed by atoms with E-state index in [4.69, 9.17) is 10.8 Å². The van der Waals surface area contributed by atoms with Crippen molar-refractivity contribution in [2.45, 2.75) is 12.5 Å². The third-order valence-electron chi connectivity index (χ3n) is 2.40.